The Morgan fingerprint density at radius 2 is 1.55 bits per heavy atom. The Labute approximate surface area is 281 Å². The molecule has 5 amide bonds. The van der Waals surface area contributed by atoms with Crippen LogP contribution in [0.25, 0.3) is 0 Å². The number of benzene rings is 3. The Bertz CT molecular complexity index is 1860. The molecule has 3 aromatic rings. The summed E-state index contributed by atoms with van der Waals surface area (Å²) in [6.07, 6.45) is -0.193. The van der Waals surface area contributed by atoms with Crippen molar-refractivity contribution in [2.24, 2.45) is 5.92 Å². The molecule has 16 heteroatoms. The molecule has 4 N–H and O–H groups in total. The molecule has 0 aromatic heterocycles. The Morgan fingerprint density at radius 1 is 0.959 bits per heavy atom. The number of sulfonamides is 1. The Hall–Kier alpha value is -5.38. The third-order valence-electron chi connectivity index (χ3n) is 7.92. The molecule has 49 heavy (non-hydrogen) atoms. The first-order valence-electron chi connectivity index (χ1n) is 15.2. The topological polar surface area (TPSA) is 182 Å². The number of imide groups is 1. The van der Waals surface area contributed by atoms with Gasteiger partial charge in [-0.05, 0) is 66.9 Å². The average Bonchev–Trinajstić information content (AvgIpc) is 3.02. The minimum atomic E-state index is -4.36. The van der Waals surface area contributed by atoms with Crippen LogP contribution >= 0.6 is 0 Å². The van der Waals surface area contributed by atoms with E-state index in [4.69, 9.17) is 0 Å². The highest BCUT2D eigenvalue weighted by molar-refractivity contribution is 7.92. The molecule has 0 bridgehead atoms. The van der Waals surface area contributed by atoms with Crippen molar-refractivity contribution in [3.05, 3.63) is 89.0 Å². The second-order valence-electron chi connectivity index (χ2n) is 11.7. The predicted molar refractivity (Wildman–Crippen MR) is 175 cm³/mol. The quantitative estimate of drug-likeness (QED) is 0.221. The van der Waals surface area contributed by atoms with Gasteiger partial charge in [0.1, 0.15) is 23.2 Å². The van der Waals surface area contributed by atoms with Gasteiger partial charge < -0.3 is 20.6 Å². The Morgan fingerprint density at radius 3 is 2.08 bits per heavy atom. The fourth-order valence-electron chi connectivity index (χ4n) is 5.31. The molecule has 1 unspecified atom stereocenters. The van der Waals surface area contributed by atoms with Gasteiger partial charge in [0.25, 0.3) is 21.8 Å². The first-order valence-corrected chi connectivity index (χ1v) is 16.6. The SMILES string of the molecule is CCNC(=O)c1ccc(S(=O)(=O)Nc2cc(F)c(C(=O)N[C@@H](Cc3ccc(N4C(=O)CC(C(C)C)N(C)C4=O)cc3)C(=O)O)c(F)c2)cc1. The minimum absolute atomic E-state index is 0.0647. The maximum atomic E-state index is 15.0. The number of rotatable bonds is 12. The molecule has 3 aromatic carbocycles. The molecule has 1 heterocycles. The zero-order chi connectivity index (χ0) is 36.2. The van der Waals surface area contributed by atoms with Crippen molar-refractivity contribution in [1.29, 1.82) is 0 Å². The molecule has 260 valence electrons. The molecular formula is C33H35F2N5O8S. The lowest BCUT2D eigenvalue weighted by molar-refractivity contribution is -0.139. The summed E-state index contributed by atoms with van der Waals surface area (Å²) in [4.78, 5) is 64.7. The van der Waals surface area contributed by atoms with Gasteiger partial charge in [0.05, 0.1) is 16.3 Å². The number of carboxylic acids is 1. The fourth-order valence-corrected chi connectivity index (χ4v) is 6.35. The number of hydrogen-bond acceptors (Lipinski definition) is 7. The van der Waals surface area contributed by atoms with Crippen molar-refractivity contribution in [3.8, 4) is 0 Å². The predicted octanol–water partition coefficient (Wildman–Crippen LogP) is 3.75. The molecular weight excluding hydrogens is 664 g/mol. The first-order chi connectivity index (χ1) is 23.0. The van der Waals surface area contributed by atoms with E-state index in [2.05, 4.69) is 10.6 Å². The summed E-state index contributed by atoms with van der Waals surface area (Å²) in [5, 5.41) is 14.4. The maximum absolute atomic E-state index is 15.0. The van der Waals surface area contributed by atoms with Crippen LogP contribution in [0.2, 0.25) is 0 Å². The van der Waals surface area contributed by atoms with Crippen molar-refractivity contribution in [1.82, 2.24) is 15.5 Å². The summed E-state index contributed by atoms with van der Waals surface area (Å²) in [5.41, 5.74) is -0.859. The molecule has 1 aliphatic rings. The molecule has 1 aliphatic heterocycles. The van der Waals surface area contributed by atoms with E-state index >= 15 is 8.78 Å². The van der Waals surface area contributed by atoms with Gasteiger partial charge in [0, 0.05) is 38.0 Å². The number of urea groups is 1. The van der Waals surface area contributed by atoms with Gasteiger partial charge in [0.15, 0.2) is 0 Å². The average molecular weight is 700 g/mol. The molecule has 1 fully saturated rings. The van der Waals surface area contributed by atoms with Gasteiger partial charge >= 0.3 is 12.0 Å². The van der Waals surface area contributed by atoms with Gasteiger partial charge in [-0.25, -0.2) is 31.7 Å². The van der Waals surface area contributed by atoms with E-state index in [1.54, 1.807) is 14.0 Å². The van der Waals surface area contributed by atoms with E-state index < -0.39 is 62.8 Å². The van der Waals surface area contributed by atoms with Crippen LogP contribution in [0, 0.1) is 17.6 Å². The zero-order valence-electron chi connectivity index (χ0n) is 27.0. The molecule has 0 radical (unpaired) electrons. The highest BCUT2D eigenvalue weighted by Crippen LogP contribution is 2.27. The molecule has 0 aliphatic carbocycles. The Balaban J connectivity index is 1.45. The molecule has 1 saturated heterocycles. The Kier molecular flexibility index (Phi) is 11.0. The van der Waals surface area contributed by atoms with Crippen LogP contribution in [0.15, 0.2) is 65.6 Å². The summed E-state index contributed by atoms with van der Waals surface area (Å²) >= 11 is 0. The number of hydrogen-bond donors (Lipinski definition) is 4. The number of nitrogens with one attached hydrogen (secondary N) is 3. The number of carbonyl (C=O) groups is 5. The first kappa shape index (κ1) is 36.5. The van der Waals surface area contributed by atoms with Crippen molar-refractivity contribution >= 4 is 51.1 Å². The number of carbonyl (C=O) groups excluding carboxylic acids is 4. The number of anilines is 2. The van der Waals surface area contributed by atoms with Gasteiger partial charge in [-0.2, -0.15) is 0 Å². The smallest absolute Gasteiger partial charge is 0.331 e. The lowest BCUT2D eigenvalue weighted by atomic mass is 9.96. The van der Waals surface area contributed by atoms with E-state index in [1.165, 1.54) is 41.3 Å². The monoisotopic (exact) mass is 699 g/mol. The highest BCUT2D eigenvalue weighted by Gasteiger charge is 2.38. The summed E-state index contributed by atoms with van der Waals surface area (Å²) in [5.74, 6) is -6.58. The number of carboxylic acid groups (broad SMARTS) is 1. The van der Waals surface area contributed by atoms with E-state index in [-0.39, 0.29) is 46.9 Å². The number of halogens is 2. The molecule has 0 spiro atoms. The second kappa shape index (κ2) is 14.8. The number of aliphatic carboxylic acids is 1. The van der Waals surface area contributed by atoms with Gasteiger partial charge in [-0.1, -0.05) is 26.0 Å². The van der Waals surface area contributed by atoms with Gasteiger partial charge in [0.2, 0.25) is 5.91 Å². The van der Waals surface area contributed by atoms with Crippen LogP contribution in [0.5, 0.6) is 0 Å². The molecule has 13 nitrogen and oxygen atoms in total. The van der Waals surface area contributed by atoms with Crippen molar-refractivity contribution in [2.45, 2.75) is 50.6 Å². The van der Waals surface area contributed by atoms with Crippen molar-refractivity contribution < 1.29 is 46.3 Å². The number of amides is 5. The summed E-state index contributed by atoms with van der Waals surface area (Å²) in [7, 11) is -2.75. The maximum Gasteiger partial charge on any atom is 0.331 e. The van der Waals surface area contributed by atoms with E-state index in [0.717, 1.165) is 17.0 Å². The molecule has 0 saturated carbocycles. The van der Waals surface area contributed by atoms with Crippen LogP contribution < -0.4 is 20.3 Å². The van der Waals surface area contributed by atoms with Crippen molar-refractivity contribution in [2.75, 3.05) is 23.2 Å². The highest BCUT2D eigenvalue weighted by atomic mass is 32.2. The van der Waals surface area contributed by atoms with Crippen LogP contribution in [0.1, 0.15) is 53.5 Å². The second-order valence-corrected chi connectivity index (χ2v) is 13.4. The van der Waals surface area contributed by atoms with Crippen LogP contribution in [0.4, 0.5) is 25.0 Å². The van der Waals surface area contributed by atoms with E-state index in [0.29, 0.717) is 24.2 Å². The fraction of sp³-hybridized carbons (Fsp3) is 0.303. The largest absolute Gasteiger partial charge is 0.480 e. The van der Waals surface area contributed by atoms with Gasteiger partial charge in [-0.3, -0.25) is 19.1 Å². The molecule has 4 rings (SSSR count). The lowest BCUT2D eigenvalue weighted by Crippen LogP contribution is -2.57. The zero-order valence-corrected chi connectivity index (χ0v) is 27.8. The lowest BCUT2D eigenvalue weighted by Gasteiger charge is -2.39. The molecule has 2 atom stereocenters. The van der Waals surface area contributed by atoms with Crippen LogP contribution in [0.3, 0.4) is 0 Å². The summed E-state index contributed by atoms with van der Waals surface area (Å²) in [6.45, 7) is 5.89. The van der Waals surface area contributed by atoms with E-state index in [1.807, 2.05) is 18.6 Å². The van der Waals surface area contributed by atoms with Crippen molar-refractivity contribution in [3.63, 3.8) is 0 Å². The third kappa shape index (κ3) is 8.20. The third-order valence-corrected chi connectivity index (χ3v) is 9.31. The van der Waals surface area contributed by atoms with Gasteiger partial charge in [-0.15, -0.1) is 0 Å². The summed E-state index contributed by atoms with van der Waals surface area (Å²) < 4.78 is 57.7. The normalized spacial score (nSPS) is 15.6. The summed E-state index contributed by atoms with van der Waals surface area (Å²) in [6, 6.07) is 9.34. The van der Waals surface area contributed by atoms with Crippen LogP contribution in [-0.2, 0) is 26.0 Å². The number of nitrogens with zero attached hydrogens (tertiary/aromatic N) is 2. The standard InChI is InChI=1S/C33H35F2N5O8S/c1-5-36-30(42)20-8-12-23(13-9-20)49(47,48)38-21-15-24(34)29(25(35)16-21)31(43)37-26(32(44)45)14-19-6-10-22(11-7-19)40-28(41)17-27(18(2)3)39(4)33(40)46/h6-13,15-16,18,26-27,38H,5,14,17H2,1-4H3,(H,36,42)(H,37,43)(H,44,45)/t26-,27?/m0/s1. The van der Waals surface area contributed by atoms with Crippen LogP contribution in [-0.4, -0.2) is 73.8 Å². The minimum Gasteiger partial charge on any atom is -0.480 e. The van der Waals surface area contributed by atoms with E-state index in [9.17, 15) is 37.5 Å².